The molecule has 0 aliphatic rings. The van der Waals surface area contributed by atoms with Gasteiger partial charge in [0.1, 0.15) is 6.04 Å². The third kappa shape index (κ3) is 5.11. The molecule has 2 aromatic carbocycles. The molecule has 3 rings (SSSR count). The first-order chi connectivity index (χ1) is 15.2. The van der Waals surface area contributed by atoms with Gasteiger partial charge in [0.05, 0.1) is 5.69 Å². The topological polar surface area (TPSA) is 93.1 Å². The van der Waals surface area contributed by atoms with Crippen LogP contribution in [0.3, 0.4) is 0 Å². The summed E-state index contributed by atoms with van der Waals surface area (Å²) in [5.41, 5.74) is 4.11. The van der Waals surface area contributed by atoms with Crippen molar-refractivity contribution in [2.45, 2.75) is 40.7 Å². The first-order valence-corrected chi connectivity index (χ1v) is 10.6. The number of aryl methyl sites for hydroxylation is 2. The van der Waals surface area contributed by atoms with Crippen LogP contribution in [0.2, 0.25) is 0 Å². The predicted octanol–water partition coefficient (Wildman–Crippen LogP) is 4.32. The van der Waals surface area contributed by atoms with Crippen molar-refractivity contribution in [1.29, 1.82) is 0 Å². The zero-order valence-corrected chi connectivity index (χ0v) is 19.0. The monoisotopic (exact) mass is 432 g/mol. The standard InChI is InChI=1S/C25H28N4O3/c1-15(2)24(31)27-22-14-19(11-10-17(22)4)21-12-13-23(30)29(28-21)18(5)25(32)26-20-9-7-6-8-16(20)3/h6-15,18H,1-5H3,(H,26,32)(H,27,31)/t18-/m1/s1. The van der Waals surface area contributed by atoms with E-state index < -0.39 is 6.04 Å². The Morgan fingerprint density at radius 2 is 1.50 bits per heavy atom. The maximum Gasteiger partial charge on any atom is 0.267 e. The molecule has 7 heteroatoms. The van der Waals surface area contributed by atoms with Crippen LogP contribution in [-0.2, 0) is 9.59 Å². The Morgan fingerprint density at radius 3 is 2.19 bits per heavy atom. The smallest absolute Gasteiger partial charge is 0.267 e. The van der Waals surface area contributed by atoms with E-state index in [-0.39, 0.29) is 23.3 Å². The number of nitrogens with zero attached hydrogens (tertiary/aromatic N) is 2. The predicted molar refractivity (Wildman–Crippen MR) is 127 cm³/mol. The van der Waals surface area contributed by atoms with Gasteiger partial charge in [-0.15, -0.1) is 0 Å². The molecule has 0 saturated heterocycles. The van der Waals surface area contributed by atoms with Crippen LogP contribution >= 0.6 is 0 Å². The summed E-state index contributed by atoms with van der Waals surface area (Å²) in [6.45, 7) is 9.10. The highest BCUT2D eigenvalue weighted by Crippen LogP contribution is 2.24. The van der Waals surface area contributed by atoms with E-state index in [0.29, 0.717) is 17.1 Å². The Labute approximate surface area is 187 Å². The normalized spacial score (nSPS) is 11.8. The van der Waals surface area contributed by atoms with Crippen molar-refractivity contribution in [3.8, 4) is 11.3 Å². The fraction of sp³-hybridized carbons (Fsp3) is 0.280. The van der Waals surface area contributed by atoms with Crippen LogP contribution in [0.1, 0.15) is 37.9 Å². The minimum Gasteiger partial charge on any atom is -0.326 e. The molecule has 3 aromatic rings. The SMILES string of the molecule is Cc1ccc(-c2ccc(=O)n([C@H](C)C(=O)Nc3ccccc3C)n2)cc1NC(=O)C(C)C. The molecule has 166 valence electrons. The van der Waals surface area contributed by atoms with E-state index in [9.17, 15) is 14.4 Å². The molecule has 0 unspecified atom stereocenters. The summed E-state index contributed by atoms with van der Waals surface area (Å²) in [5.74, 6) is -0.560. The average molecular weight is 433 g/mol. The lowest BCUT2D eigenvalue weighted by atomic mass is 10.1. The van der Waals surface area contributed by atoms with E-state index >= 15 is 0 Å². The summed E-state index contributed by atoms with van der Waals surface area (Å²) in [6.07, 6.45) is 0. The third-order valence-corrected chi connectivity index (χ3v) is 5.29. The first kappa shape index (κ1) is 22.9. The number of para-hydroxylation sites is 1. The molecule has 0 fully saturated rings. The molecule has 32 heavy (non-hydrogen) atoms. The maximum absolute atomic E-state index is 12.8. The van der Waals surface area contributed by atoms with Crippen molar-refractivity contribution in [3.05, 3.63) is 76.1 Å². The summed E-state index contributed by atoms with van der Waals surface area (Å²) in [6, 6.07) is 15.2. The Hall–Kier alpha value is -3.74. The van der Waals surface area contributed by atoms with Crippen LogP contribution in [0.5, 0.6) is 0 Å². The van der Waals surface area contributed by atoms with Gasteiger partial charge >= 0.3 is 0 Å². The Balaban J connectivity index is 1.90. The van der Waals surface area contributed by atoms with Crippen molar-refractivity contribution in [1.82, 2.24) is 9.78 Å². The van der Waals surface area contributed by atoms with Crippen molar-refractivity contribution >= 4 is 23.2 Å². The summed E-state index contributed by atoms with van der Waals surface area (Å²) in [5, 5.41) is 10.2. The fourth-order valence-corrected chi connectivity index (χ4v) is 3.11. The lowest BCUT2D eigenvalue weighted by Crippen LogP contribution is -2.33. The minimum atomic E-state index is -0.812. The van der Waals surface area contributed by atoms with E-state index in [1.54, 1.807) is 13.0 Å². The largest absolute Gasteiger partial charge is 0.326 e. The van der Waals surface area contributed by atoms with Crippen molar-refractivity contribution in [2.24, 2.45) is 5.92 Å². The summed E-state index contributed by atoms with van der Waals surface area (Å²) >= 11 is 0. The molecule has 0 spiro atoms. The third-order valence-electron chi connectivity index (χ3n) is 5.29. The molecule has 1 heterocycles. The van der Waals surface area contributed by atoms with Crippen molar-refractivity contribution < 1.29 is 9.59 Å². The van der Waals surface area contributed by atoms with Gasteiger partial charge in [-0.05, 0) is 50.1 Å². The van der Waals surface area contributed by atoms with E-state index in [2.05, 4.69) is 15.7 Å². The number of hydrogen-bond donors (Lipinski definition) is 2. The highest BCUT2D eigenvalue weighted by Gasteiger charge is 2.19. The molecule has 2 N–H and O–H groups in total. The molecule has 0 aliphatic carbocycles. The molecule has 0 saturated carbocycles. The molecular weight excluding hydrogens is 404 g/mol. The molecule has 0 radical (unpaired) electrons. The molecule has 7 nitrogen and oxygen atoms in total. The van der Waals surface area contributed by atoms with Crippen LogP contribution in [0.4, 0.5) is 11.4 Å². The Morgan fingerprint density at radius 1 is 0.844 bits per heavy atom. The van der Waals surface area contributed by atoms with Gasteiger partial charge in [0.15, 0.2) is 0 Å². The highest BCUT2D eigenvalue weighted by atomic mass is 16.2. The van der Waals surface area contributed by atoms with Crippen LogP contribution in [0.25, 0.3) is 11.3 Å². The quantitative estimate of drug-likeness (QED) is 0.607. The number of anilines is 2. The first-order valence-electron chi connectivity index (χ1n) is 10.6. The van der Waals surface area contributed by atoms with Gasteiger partial charge in [0, 0.05) is 28.9 Å². The number of hydrogen-bond acceptors (Lipinski definition) is 4. The van der Waals surface area contributed by atoms with Crippen LogP contribution < -0.4 is 16.2 Å². The molecular formula is C25H28N4O3. The van der Waals surface area contributed by atoms with Gasteiger partial charge in [-0.25, -0.2) is 4.68 Å². The molecule has 1 aromatic heterocycles. The second-order valence-electron chi connectivity index (χ2n) is 8.16. The van der Waals surface area contributed by atoms with Crippen LogP contribution in [-0.4, -0.2) is 21.6 Å². The second kappa shape index (κ2) is 9.60. The molecule has 0 aliphatic heterocycles. The van der Waals surface area contributed by atoms with Crippen LogP contribution in [0, 0.1) is 19.8 Å². The lowest BCUT2D eigenvalue weighted by Gasteiger charge is -2.16. The maximum atomic E-state index is 12.8. The summed E-state index contributed by atoms with van der Waals surface area (Å²) in [7, 11) is 0. The van der Waals surface area contributed by atoms with Gasteiger partial charge in [-0.3, -0.25) is 14.4 Å². The number of nitrogens with one attached hydrogen (secondary N) is 2. The van der Waals surface area contributed by atoms with E-state index in [0.717, 1.165) is 16.7 Å². The second-order valence-corrected chi connectivity index (χ2v) is 8.16. The van der Waals surface area contributed by atoms with Gasteiger partial charge < -0.3 is 10.6 Å². The molecule has 1 atom stereocenters. The summed E-state index contributed by atoms with van der Waals surface area (Å²) < 4.78 is 1.18. The number of aromatic nitrogens is 2. The highest BCUT2D eigenvalue weighted by molar-refractivity contribution is 5.94. The fourth-order valence-electron chi connectivity index (χ4n) is 3.11. The Kier molecular flexibility index (Phi) is 6.88. The van der Waals surface area contributed by atoms with Gasteiger partial charge in [-0.1, -0.05) is 44.2 Å². The van der Waals surface area contributed by atoms with Gasteiger partial charge in [0.2, 0.25) is 11.8 Å². The zero-order chi connectivity index (χ0) is 23.4. The molecule has 0 bridgehead atoms. The number of amides is 2. The van der Waals surface area contributed by atoms with Gasteiger partial charge in [-0.2, -0.15) is 5.10 Å². The van der Waals surface area contributed by atoms with E-state index in [4.69, 9.17) is 0 Å². The van der Waals surface area contributed by atoms with Crippen molar-refractivity contribution in [2.75, 3.05) is 10.6 Å². The summed E-state index contributed by atoms with van der Waals surface area (Å²) in [4.78, 5) is 37.4. The zero-order valence-electron chi connectivity index (χ0n) is 19.0. The number of rotatable bonds is 6. The Bertz CT molecular complexity index is 1210. The van der Waals surface area contributed by atoms with Crippen molar-refractivity contribution in [3.63, 3.8) is 0 Å². The van der Waals surface area contributed by atoms with Gasteiger partial charge in [0.25, 0.3) is 5.56 Å². The number of benzene rings is 2. The van der Waals surface area contributed by atoms with Crippen LogP contribution in [0.15, 0.2) is 59.4 Å². The number of carbonyl (C=O) groups excluding carboxylic acids is 2. The molecule has 2 amide bonds. The van der Waals surface area contributed by atoms with E-state index in [1.165, 1.54) is 10.7 Å². The average Bonchev–Trinajstić information content (AvgIpc) is 2.76. The lowest BCUT2D eigenvalue weighted by molar-refractivity contribution is -0.119. The number of carbonyl (C=O) groups is 2. The minimum absolute atomic E-state index is 0.0790. The van der Waals surface area contributed by atoms with E-state index in [1.807, 2.05) is 70.2 Å².